The van der Waals surface area contributed by atoms with Gasteiger partial charge in [0.25, 0.3) is 0 Å². The van der Waals surface area contributed by atoms with Crippen LogP contribution in [0.3, 0.4) is 0 Å². The molecule has 3 rings (SSSR count). The van der Waals surface area contributed by atoms with E-state index in [9.17, 15) is 5.26 Å². The van der Waals surface area contributed by atoms with E-state index in [0.717, 1.165) is 26.5 Å². The van der Waals surface area contributed by atoms with E-state index in [1.54, 1.807) is 6.20 Å². The molecule has 3 aromatic rings. The van der Waals surface area contributed by atoms with Gasteiger partial charge in [-0.25, -0.2) is 4.98 Å². The van der Waals surface area contributed by atoms with Gasteiger partial charge in [-0.1, -0.05) is 15.9 Å². The van der Waals surface area contributed by atoms with Gasteiger partial charge in [-0.3, -0.25) is 0 Å². The summed E-state index contributed by atoms with van der Waals surface area (Å²) in [6.07, 6.45) is 5.37. The summed E-state index contributed by atoms with van der Waals surface area (Å²) >= 11 is 3.48. The van der Waals surface area contributed by atoms with Gasteiger partial charge in [-0.2, -0.15) is 5.26 Å². The first kappa shape index (κ1) is 16.3. The number of hydrogen-bond acceptors (Lipinski definition) is 3. The molecule has 1 N–H and O–H groups in total. The third kappa shape index (κ3) is 3.34. The van der Waals surface area contributed by atoms with Crippen LogP contribution in [0.25, 0.3) is 22.6 Å². The van der Waals surface area contributed by atoms with Crippen molar-refractivity contribution in [3.63, 3.8) is 0 Å². The molecule has 0 radical (unpaired) electrons. The van der Waals surface area contributed by atoms with E-state index in [2.05, 4.69) is 32.0 Å². The van der Waals surface area contributed by atoms with Crippen molar-refractivity contribution in [3.8, 4) is 11.9 Å². The van der Waals surface area contributed by atoms with Gasteiger partial charge >= 0.3 is 0 Å². The molecule has 0 amide bonds. The number of halogens is 1. The number of ether oxygens (including phenoxy) is 1. The lowest BCUT2D eigenvalue weighted by Crippen LogP contribution is -2.07. The van der Waals surface area contributed by atoms with Crippen molar-refractivity contribution in [1.29, 1.82) is 5.26 Å². The number of hydrogen-bond donors (Lipinski definition) is 1. The Kier molecular flexibility index (Phi) is 4.68. The van der Waals surface area contributed by atoms with E-state index in [1.165, 1.54) is 0 Å². The third-order valence-electron chi connectivity index (χ3n) is 3.50. The fourth-order valence-electron chi connectivity index (χ4n) is 2.48. The number of nitrogens with one attached hydrogen (secondary N) is 1. The predicted molar refractivity (Wildman–Crippen MR) is 99.5 cm³/mol. The zero-order chi connectivity index (χ0) is 17.1. The lowest BCUT2D eigenvalue weighted by atomic mass is 10.0. The lowest BCUT2D eigenvalue weighted by molar-refractivity contribution is 0.232. The SMILES string of the molecule is CC(C)Oc1ncccc1/C=C(\C#N)c1c[nH]c2ccc(Br)cc12. The summed E-state index contributed by atoms with van der Waals surface area (Å²) in [5.74, 6) is 0.529. The highest BCUT2D eigenvalue weighted by atomic mass is 79.9. The second-order valence-electron chi connectivity index (χ2n) is 5.63. The van der Waals surface area contributed by atoms with E-state index in [-0.39, 0.29) is 6.10 Å². The standard InChI is InChI=1S/C19H16BrN3O/c1-12(2)24-19-13(4-3-7-22-19)8-14(10-21)17-11-23-18-6-5-15(20)9-16(17)18/h3-9,11-12,23H,1-2H3/b14-8+. The Hall–Kier alpha value is -2.58. The summed E-state index contributed by atoms with van der Waals surface area (Å²) in [7, 11) is 0. The van der Waals surface area contributed by atoms with Gasteiger partial charge < -0.3 is 9.72 Å². The minimum Gasteiger partial charge on any atom is -0.475 e. The van der Waals surface area contributed by atoms with Crippen LogP contribution in [-0.2, 0) is 0 Å². The number of rotatable bonds is 4. The summed E-state index contributed by atoms with van der Waals surface area (Å²) in [5, 5.41) is 10.6. The number of pyridine rings is 1. The molecular formula is C19H16BrN3O. The molecule has 0 aliphatic carbocycles. The van der Waals surface area contributed by atoms with Crippen LogP contribution in [0.15, 0.2) is 47.2 Å². The number of H-pyrrole nitrogens is 1. The van der Waals surface area contributed by atoms with Gasteiger partial charge in [-0.05, 0) is 50.3 Å². The van der Waals surface area contributed by atoms with Gasteiger partial charge in [0.2, 0.25) is 5.88 Å². The second kappa shape index (κ2) is 6.90. The second-order valence-corrected chi connectivity index (χ2v) is 6.54. The smallest absolute Gasteiger partial charge is 0.220 e. The largest absolute Gasteiger partial charge is 0.475 e. The highest BCUT2D eigenvalue weighted by Crippen LogP contribution is 2.30. The van der Waals surface area contributed by atoms with Crippen LogP contribution in [0.4, 0.5) is 0 Å². The molecule has 2 heterocycles. The molecule has 0 saturated heterocycles. The average Bonchev–Trinajstić information content (AvgIpc) is 2.96. The minimum absolute atomic E-state index is 0.0154. The van der Waals surface area contributed by atoms with Crippen molar-refractivity contribution in [3.05, 3.63) is 58.3 Å². The number of nitriles is 1. The van der Waals surface area contributed by atoms with Gasteiger partial charge in [0.05, 0.1) is 17.7 Å². The molecule has 0 unspecified atom stereocenters. The van der Waals surface area contributed by atoms with Crippen LogP contribution in [0.5, 0.6) is 5.88 Å². The summed E-state index contributed by atoms with van der Waals surface area (Å²) in [4.78, 5) is 7.48. The molecule has 5 heteroatoms. The van der Waals surface area contributed by atoms with Crippen LogP contribution in [0.2, 0.25) is 0 Å². The maximum absolute atomic E-state index is 9.66. The Labute approximate surface area is 148 Å². The van der Waals surface area contributed by atoms with E-state index in [0.29, 0.717) is 11.5 Å². The van der Waals surface area contributed by atoms with Crippen molar-refractivity contribution < 1.29 is 4.74 Å². The van der Waals surface area contributed by atoms with E-state index in [4.69, 9.17) is 4.74 Å². The molecule has 120 valence electrons. The number of allylic oxidation sites excluding steroid dienone is 1. The van der Waals surface area contributed by atoms with Gasteiger partial charge in [0.1, 0.15) is 0 Å². The molecule has 0 spiro atoms. The maximum atomic E-state index is 9.66. The first-order chi connectivity index (χ1) is 11.6. The fourth-order valence-corrected chi connectivity index (χ4v) is 2.84. The van der Waals surface area contributed by atoms with Crippen molar-refractivity contribution in [1.82, 2.24) is 9.97 Å². The summed E-state index contributed by atoms with van der Waals surface area (Å²) in [6, 6.07) is 12.0. The Morgan fingerprint density at radius 3 is 2.96 bits per heavy atom. The normalized spacial score (nSPS) is 11.7. The molecule has 2 aromatic heterocycles. The first-order valence-electron chi connectivity index (χ1n) is 7.59. The monoisotopic (exact) mass is 381 g/mol. The molecule has 0 aliphatic rings. The molecule has 0 bridgehead atoms. The highest BCUT2D eigenvalue weighted by molar-refractivity contribution is 9.10. The number of fused-ring (bicyclic) bond motifs is 1. The molecule has 4 nitrogen and oxygen atoms in total. The summed E-state index contributed by atoms with van der Waals surface area (Å²) in [5.41, 5.74) is 3.18. The van der Waals surface area contributed by atoms with E-state index in [1.807, 2.05) is 56.5 Å². The zero-order valence-electron chi connectivity index (χ0n) is 13.4. The highest BCUT2D eigenvalue weighted by Gasteiger charge is 2.11. The topological polar surface area (TPSA) is 61.7 Å². The average molecular weight is 382 g/mol. The minimum atomic E-state index is 0.0154. The number of nitrogens with zero attached hydrogens (tertiary/aromatic N) is 2. The summed E-state index contributed by atoms with van der Waals surface area (Å²) < 4.78 is 6.70. The lowest BCUT2D eigenvalue weighted by Gasteiger charge is -2.11. The summed E-state index contributed by atoms with van der Waals surface area (Å²) in [6.45, 7) is 3.90. The zero-order valence-corrected chi connectivity index (χ0v) is 15.0. The predicted octanol–water partition coefficient (Wildman–Crippen LogP) is 5.18. The molecular weight excluding hydrogens is 366 g/mol. The fraction of sp³-hybridized carbons (Fsp3) is 0.158. The molecule has 0 fully saturated rings. The maximum Gasteiger partial charge on any atom is 0.220 e. The molecule has 0 aliphatic heterocycles. The van der Waals surface area contributed by atoms with Crippen molar-refractivity contribution in [2.24, 2.45) is 0 Å². The Morgan fingerprint density at radius 2 is 2.21 bits per heavy atom. The van der Waals surface area contributed by atoms with Gasteiger partial charge in [0, 0.05) is 38.9 Å². The van der Waals surface area contributed by atoms with Crippen LogP contribution < -0.4 is 4.74 Å². The molecule has 1 aromatic carbocycles. The van der Waals surface area contributed by atoms with Gasteiger partial charge in [0.15, 0.2) is 0 Å². The quantitative estimate of drug-likeness (QED) is 0.633. The van der Waals surface area contributed by atoms with Crippen molar-refractivity contribution in [2.75, 3.05) is 0 Å². The Balaban J connectivity index is 2.10. The van der Waals surface area contributed by atoms with Crippen molar-refractivity contribution >= 4 is 38.5 Å². The Bertz CT molecular complexity index is 951. The van der Waals surface area contributed by atoms with Crippen LogP contribution in [-0.4, -0.2) is 16.1 Å². The third-order valence-corrected chi connectivity index (χ3v) is 4.00. The van der Waals surface area contributed by atoms with Crippen LogP contribution >= 0.6 is 15.9 Å². The van der Waals surface area contributed by atoms with E-state index >= 15 is 0 Å². The first-order valence-corrected chi connectivity index (χ1v) is 8.38. The number of benzene rings is 1. The molecule has 24 heavy (non-hydrogen) atoms. The molecule has 0 atom stereocenters. The van der Waals surface area contributed by atoms with Crippen LogP contribution in [0, 0.1) is 11.3 Å². The molecule has 0 saturated carbocycles. The van der Waals surface area contributed by atoms with E-state index < -0.39 is 0 Å². The van der Waals surface area contributed by atoms with Crippen LogP contribution in [0.1, 0.15) is 25.0 Å². The number of aromatic nitrogens is 2. The van der Waals surface area contributed by atoms with Gasteiger partial charge in [-0.15, -0.1) is 0 Å². The van der Waals surface area contributed by atoms with Crippen molar-refractivity contribution in [2.45, 2.75) is 20.0 Å². The Morgan fingerprint density at radius 1 is 1.38 bits per heavy atom. The number of aromatic amines is 1.